The smallest absolute Gasteiger partial charge is 0.224 e. The molecule has 1 aliphatic heterocycles. The first kappa shape index (κ1) is 17.3. The second kappa shape index (κ2) is 7.57. The molecule has 1 fully saturated rings. The SMILES string of the molecule is CN(C)c1ncc(CN[C@@H]2CCC(=O)N[C@H]2c2ccccc2F)cn1. The van der Waals surface area contributed by atoms with E-state index in [1.165, 1.54) is 6.07 Å². The highest BCUT2D eigenvalue weighted by Crippen LogP contribution is 2.26. The Morgan fingerprint density at radius 3 is 2.68 bits per heavy atom. The van der Waals surface area contributed by atoms with Gasteiger partial charge in [-0.2, -0.15) is 0 Å². The number of carbonyl (C=O) groups excluding carboxylic acids is 1. The third kappa shape index (κ3) is 4.11. The van der Waals surface area contributed by atoms with E-state index in [-0.39, 0.29) is 23.8 Å². The molecule has 2 heterocycles. The zero-order valence-electron chi connectivity index (χ0n) is 14.4. The Labute approximate surface area is 146 Å². The summed E-state index contributed by atoms with van der Waals surface area (Å²) in [6.07, 6.45) is 4.63. The van der Waals surface area contributed by atoms with Crippen LogP contribution in [0.5, 0.6) is 0 Å². The van der Waals surface area contributed by atoms with Crippen molar-refractivity contribution in [3.63, 3.8) is 0 Å². The molecular weight excluding hydrogens is 321 g/mol. The van der Waals surface area contributed by atoms with Crippen molar-refractivity contribution >= 4 is 11.9 Å². The van der Waals surface area contributed by atoms with Crippen LogP contribution in [-0.4, -0.2) is 36.0 Å². The number of anilines is 1. The fourth-order valence-corrected chi connectivity index (χ4v) is 2.96. The molecule has 0 aliphatic carbocycles. The summed E-state index contributed by atoms with van der Waals surface area (Å²) in [5.74, 6) is 0.294. The maximum absolute atomic E-state index is 14.2. The molecule has 1 aromatic carbocycles. The van der Waals surface area contributed by atoms with Gasteiger partial charge in [0, 0.05) is 56.6 Å². The summed E-state index contributed by atoms with van der Waals surface area (Å²) < 4.78 is 14.2. The van der Waals surface area contributed by atoms with E-state index in [2.05, 4.69) is 20.6 Å². The number of hydrogen-bond acceptors (Lipinski definition) is 5. The van der Waals surface area contributed by atoms with E-state index in [1.54, 1.807) is 30.6 Å². The van der Waals surface area contributed by atoms with Gasteiger partial charge in [0.05, 0.1) is 6.04 Å². The fourth-order valence-electron chi connectivity index (χ4n) is 2.96. The summed E-state index contributed by atoms with van der Waals surface area (Å²) in [5, 5.41) is 6.31. The molecule has 1 saturated heterocycles. The molecule has 0 saturated carbocycles. The van der Waals surface area contributed by atoms with E-state index in [0.29, 0.717) is 30.9 Å². The maximum atomic E-state index is 14.2. The van der Waals surface area contributed by atoms with Gasteiger partial charge in [0.1, 0.15) is 5.82 Å². The lowest BCUT2D eigenvalue weighted by Crippen LogP contribution is -2.48. The van der Waals surface area contributed by atoms with Gasteiger partial charge in [0.2, 0.25) is 11.9 Å². The molecule has 2 aromatic rings. The molecule has 7 heteroatoms. The zero-order chi connectivity index (χ0) is 17.8. The minimum absolute atomic E-state index is 0.0510. The normalized spacial score (nSPS) is 20.2. The van der Waals surface area contributed by atoms with Crippen LogP contribution in [0.15, 0.2) is 36.7 Å². The van der Waals surface area contributed by atoms with Gasteiger partial charge < -0.3 is 15.5 Å². The Hall–Kier alpha value is -2.54. The summed E-state index contributed by atoms with van der Waals surface area (Å²) in [5.41, 5.74) is 1.45. The molecule has 132 valence electrons. The van der Waals surface area contributed by atoms with E-state index in [1.807, 2.05) is 19.0 Å². The first-order chi connectivity index (χ1) is 12.0. The number of hydrogen-bond donors (Lipinski definition) is 2. The lowest BCUT2D eigenvalue weighted by Gasteiger charge is -2.33. The topological polar surface area (TPSA) is 70.2 Å². The number of nitrogens with one attached hydrogen (secondary N) is 2. The van der Waals surface area contributed by atoms with Crippen LogP contribution < -0.4 is 15.5 Å². The van der Waals surface area contributed by atoms with Crippen LogP contribution in [0.3, 0.4) is 0 Å². The number of piperidine rings is 1. The number of halogens is 1. The molecule has 0 bridgehead atoms. The lowest BCUT2D eigenvalue weighted by molar-refractivity contribution is -0.123. The van der Waals surface area contributed by atoms with E-state index in [0.717, 1.165) is 5.56 Å². The van der Waals surface area contributed by atoms with Crippen molar-refractivity contribution < 1.29 is 9.18 Å². The number of benzene rings is 1. The quantitative estimate of drug-likeness (QED) is 0.866. The molecule has 25 heavy (non-hydrogen) atoms. The minimum Gasteiger partial charge on any atom is -0.348 e. The highest BCUT2D eigenvalue weighted by Gasteiger charge is 2.31. The fraction of sp³-hybridized carbons (Fsp3) is 0.389. The molecule has 1 amide bonds. The Bertz CT molecular complexity index is 735. The third-order valence-electron chi connectivity index (χ3n) is 4.30. The molecule has 3 rings (SSSR count). The number of amides is 1. The van der Waals surface area contributed by atoms with Gasteiger partial charge in [-0.15, -0.1) is 0 Å². The van der Waals surface area contributed by atoms with E-state index in [4.69, 9.17) is 0 Å². The van der Waals surface area contributed by atoms with Gasteiger partial charge in [0.15, 0.2) is 0 Å². The molecule has 0 radical (unpaired) electrons. The first-order valence-corrected chi connectivity index (χ1v) is 8.30. The molecule has 1 aliphatic rings. The maximum Gasteiger partial charge on any atom is 0.224 e. The van der Waals surface area contributed by atoms with Gasteiger partial charge in [0.25, 0.3) is 0 Å². The minimum atomic E-state index is -0.385. The average molecular weight is 343 g/mol. The van der Waals surface area contributed by atoms with Crippen LogP contribution in [0.4, 0.5) is 10.3 Å². The van der Waals surface area contributed by atoms with Crippen LogP contribution in [0.2, 0.25) is 0 Å². The predicted octanol–water partition coefficient (Wildman–Crippen LogP) is 1.79. The summed E-state index contributed by atoms with van der Waals surface area (Å²) in [4.78, 5) is 22.2. The lowest BCUT2D eigenvalue weighted by atomic mass is 9.91. The van der Waals surface area contributed by atoms with Crippen molar-refractivity contribution in [1.82, 2.24) is 20.6 Å². The Morgan fingerprint density at radius 1 is 1.28 bits per heavy atom. The number of nitrogens with zero attached hydrogens (tertiary/aromatic N) is 3. The van der Waals surface area contributed by atoms with Gasteiger partial charge in [-0.25, -0.2) is 14.4 Å². The van der Waals surface area contributed by atoms with Crippen LogP contribution in [0.1, 0.15) is 30.0 Å². The highest BCUT2D eigenvalue weighted by molar-refractivity contribution is 5.77. The van der Waals surface area contributed by atoms with E-state index < -0.39 is 0 Å². The largest absolute Gasteiger partial charge is 0.348 e. The van der Waals surface area contributed by atoms with E-state index >= 15 is 0 Å². The Kier molecular flexibility index (Phi) is 5.23. The second-order valence-electron chi connectivity index (χ2n) is 6.38. The van der Waals surface area contributed by atoms with Crippen LogP contribution in [0.25, 0.3) is 0 Å². The molecule has 2 N–H and O–H groups in total. The van der Waals surface area contributed by atoms with Crippen molar-refractivity contribution in [2.75, 3.05) is 19.0 Å². The van der Waals surface area contributed by atoms with Crippen molar-refractivity contribution in [3.8, 4) is 0 Å². The van der Waals surface area contributed by atoms with Crippen molar-refractivity contribution in [2.45, 2.75) is 31.5 Å². The van der Waals surface area contributed by atoms with E-state index in [9.17, 15) is 9.18 Å². The summed E-state index contributed by atoms with van der Waals surface area (Å²) in [6, 6.07) is 6.13. The molecule has 6 nitrogen and oxygen atoms in total. The number of carbonyl (C=O) groups is 1. The standard InChI is InChI=1S/C18H22FN5O/c1-24(2)18-21-10-12(11-22-18)9-20-15-7-8-16(25)23-17(15)13-5-3-4-6-14(13)19/h3-6,10-11,15,17,20H,7-9H2,1-2H3,(H,23,25)/t15-,17+/m1/s1. The molecule has 2 atom stereocenters. The monoisotopic (exact) mass is 343 g/mol. The van der Waals surface area contributed by atoms with Crippen molar-refractivity contribution in [1.29, 1.82) is 0 Å². The van der Waals surface area contributed by atoms with Crippen molar-refractivity contribution in [3.05, 3.63) is 53.6 Å². The zero-order valence-corrected chi connectivity index (χ0v) is 14.4. The Balaban J connectivity index is 1.71. The summed E-state index contributed by atoms with van der Waals surface area (Å²) in [6.45, 7) is 0.555. The third-order valence-corrected chi connectivity index (χ3v) is 4.30. The average Bonchev–Trinajstić information content (AvgIpc) is 2.61. The van der Waals surface area contributed by atoms with Gasteiger partial charge in [-0.05, 0) is 12.5 Å². The van der Waals surface area contributed by atoms with Crippen LogP contribution >= 0.6 is 0 Å². The summed E-state index contributed by atoms with van der Waals surface area (Å²) >= 11 is 0. The highest BCUT2D eigenvalue weighted by atomic mass is 19.1. The van der Waals surface area contributed by atoms with Crippen LogP contribution in [-0.2, 0) is 11.3 Å². The number of rotatable bonds is 5. The molecule has 0 unspecified atom stereocenters. The first-order valence-electron chi connectivity index (χ1n) is 8.30. The summed E-state index contributed by atoms with van der Waals surface area (Å²) in [7, 11) is 3.77. The predicted molar refractivity (Wildman–Crippen MR) is 93.5 cm³/mol. The van der Waals surface area contributed by atoms with Gasteiger partial charge in [-0.3, -0.25) is 4.79 Å². The Morgan fingerprint density at radius 2 is 2.00 bits per heavy atom. The van der Waals surface area contributed by atoms with Gasteiger partial charge in [-0.1, -0.05) is 18.2 Å². The second-order valence-corrected chi connectivity index (χ2v) is 6.38. The molecule has 0 spiro atoms. The number of aromatic nitrogens is 2. The van der Waals surface area contributed by atoms with Gasteiger partial charge >= 0.3 is 0 Å². The van der Waals surface area contributed by atoms with Crippen molar-refractivity contribution in [2.24, 2.45) is 0 Å². The molecule has 1 aromatic heterocycles. The van der Waals surface area contributed by atoms with Crippen LogP contribution in [0, 0.1) is 5.82 Å². The molecular formula is C18H22FN5O.